The van der Waals surface area contributed by atoms with Crippen molar-refractivity contribution < 1.29 is 14.5 Å². The minimum Gasteiger partial charge on any atom is -0.332 e. The van der Waals surface area contributed by atoms with Crippen LogP contribution < -0.4 is 16.0 Å². The predicted molar refractivity (Wildman–Crippen MR) is 137 cm³/mol. The second-order valence-electron chi connectivity index (χ2n) is 6.79. The van der Waals surface area contributed by atoms with E-state index in [0.29, 0.717) is 27.5 Å². The highest BCUT2D eigenvalue weighted by Crippen LogP contribution is 2.25. The zero-order valence-electron chi connectivity index (χ0n) is 17.2. The van der Waals surface area contributed by atoms with Gasteiger partial charge in [0.05, 0.1) is 4.92 Å². The first-order valence-electron chi connectivity index (χ1n) is 9.62. The topological polar surface area (TPSA) is 113 Å². The Labute approximate surface area is 209 Å². The molecule has 0 aromatic heterocycles. The lowest BCUT2D eigenvalue weighted by molar-refractivity contribution is -0.384. The van der Waals surface area contributed by atoms with Gasteiger partial charge in [-0.15, -0.1) is 0 Å². The molecule has 2 amide bonds. The number of nitrogens with one attached hydrogen (secondary N) is 3. The van der Waals surface area contributed by atoms with Crippen LogP contribution >= 0.6 is 35.4 Å². The summed E-state index contributed by atoms with van der Waals surface area (Å²) in [5.41, 5.74) is 1.75. The summed E-state index contributed by atoms with van der Waals surface area (Å²) in [5, 5.41) is 19.6. The summed E-state index contributed by atoms with van der Waals surface area (Å²) in [6.07, 6.45) is 2.59. The molecule has 0 atom stereocenters. The smallest absolute Gasteiger partial charge is 0.288 e. The minimum absolute atomic E-state index is 0.00651. The standard InChI is InChI=1S/C23H16Cl2N4O4S/c24-16-3-1-2-15(13-16)22(31)26-17-6-8-18(9-7-17)27-23(34)28-21(30)11-5-14-4-10-19(25)20(12-14)29(32)33/h1-13H,(H,26,31)(H2,27,28,30,34)/b11-5+. The molecule has 0 aliphatic heterocycles. The van der Waals surface area contributed by atoms with E-state index < -0.39 is 10.8 Å². The fraction of sp³-hybridized carbons (Fsp3) is 0. The molecule has 172 valence electrons. The lowest BCUT2D eigenvalue weighted by Crippen LogP contribution is -2.32. The molecule has 3 aromatic rings. The van der Waals surface area contributed by atoms with Gasteiger partial charge in [0, 0.05) is 34.1 Å². The molecule has 3 rings (SSSR count). The first-order chi connectivity index (χ1) is 16.2. The molecule has 11 heteroatoms. The molecule has 0 aliphatic carbocycles. The molecule has 0 bridgehead atoms. The first-order valence-corrected chi connectivity index (χ1v) is 10.8. The van der Waals surface area contributed by atoms with Crippen LogP contribution in [0.25, 0.3) is 6.08 Å². The van der Waals surface area contributed by atoms with Crippen LogP contribution in [0, 0.1) is 10.1 Å². The molecule has 0 heterocycles. The quantitative estimate of drug-likeness (QED) is 0.169. The van der Waals surface area contributed by atoms with Crippen molar-refractivity contribution in [3.8, 4) is 0 Å². The fourth-order valence-electron chi connectivity index (χ4n) is 2.73. The van der Waals surface area contributed by atoms with Gasteiger partial charge in [-0.05, 0) is 72.4 Å². The van der Waals surface area contributed by atoms with Crippen molar-refractivity contribution in [1.82, 2.24) is 5.32 Å². The Bertz CT molecular complexity index is 1300. The summed E-state index contributed by atoms with van der Waals surface area (Å²) in [7, 11) is 0. The number of carbonyl (C=O) groups is 2. The summed E-state index contributed by atoms with van der Waals surface area (Å²) >= 11 is 16.8. The molecular formula is C23H16Cl2N4O4S. The van der Waals surface area contributed by atoms with Crippen LogP contribution in [0.2, 0.25) is 10.0 Å². The van der Waals surface area contributed by atoms with Crippen LogP contribution in [-0.2, 0) is 4.79 Å². The molecule has 0 fully saturated rings. The number of nitrogens with zero attached hydrogens (tertiary/aromatic N) is 1. The van der Waals surface area contributed by atoms with Crippen molar-refractivity contribution in [3.63, 3.8) is 0 Å². The normalized spacial score (nSPS) is 10.5. The van der Waals surface area contributed by atoms with E-state index in [1.165, 1.54) is 24.3 Å². The van der Waals surface area contributed by atoms with Crippen LogP contribution in [0.4, 0.5) is 17.1 Å². The third kappa shape index (κ3) is 7.11. The van der Waals surface area contributed by atoms with Gasteiger partial charge in [-0.3, -0.25) is 25.0 Å². The van der Waals surface area contributed by atoms with Crippen LogP contribution in [0.1, 0.15) is 15.9 Å². The maximum absolute atomic E-state index is 12.3. The molecule has 0 saturated heterocycles. The maximum Gasteiger partial charge on any atom is 0.288 e. The Kier molecular flexibility index (Phi) is 8.31. The molecule has 0 aliphatic rings. The Morgan fingerprint density at radius 1 is 0.941 bits per heavy atom. The van der Waals surface area contributed by atoms with Crippen LogP contribution in [0.15, 0.2) is 72.8 Å². The largest absolute Gasteiger partial charge is 0.332 e. The number of carbonyl (C=O) groups excluding carboxylic acids is 2. The Morgan fingerprint density at radius 2 is 1.62 bits per heavy atom. The lowest BCUT2D eigenvalue weighted by Gasteiger charge is -2.10. The monoisotopic (exact) mass is 514 g/mol. The SMILES string of the molecule is O=C(/C=C/c1ccc(Cl)c([N+](=O)[O-])c1)NC(=S)Nc1ccc(NC(=O)c2cccc(Cl)c2)cc1. The van der Waals surface area contributed by atoms with E-state index in [0.717, 1.165) is 0 Å². The Morgan fingerprint density at radius 3 is 2.26 bits per heavy atom. The molecule has 0 saturated carbocycles. The number of anilines is 2. The van der Waals surface area contributed by atoms with Crippen molar-refractivity contribution in [1.29, 1.82) is 0 Å². The number of hydrogen-bond acceptors (Lipinski definition) is 5. The van der Waals surface area contributed by atoms with Gasteiger partial charge >= 0.3 is 0 Å². The van der Waals surface area contributed by atoms with Gasteiger partial charge in [-0.1, -0.05) is 35.3 Å². The Balaban J connectivity index is 1.53. The maximum atomic E-state index is 12.3. The van der Waals surface area contributed by atoms with Gasteiger partial charge in [0.1, 0.15) is 5.02 Å². The number of halogens is 2. The second-order valence-corrected chi connectivity index (χ2v) is 8.04. The average molecular weight is 515 g/mol. The predicted octanol–water partition coefficient (Wildman–Crippen LogP) is 5.68. The van der Waals surface area contributed by atoms with Gasteiger partial charge in [0.15, 0.2) is 5.11 Å². The molecule has 3 N–H and O–H groups in total. The van der Waals surface area contributed by atoms with Crippen LogP contribution in [0.3, 0.4) is 0 Å². The van der Waals surface area contributed by atoms with E-state index in [2.05, 4.69) is 16.0 Å². The van der Waals surface area contributed by atoms with Crippen molar-refractivity contribution in [2.45, 2.75) is 0 Å². The fourth-order valence-corrected chi connectivity index (χ4v) is 3.33. The second kappa shape index (κ2) is 11.4. The van der Waals surface area contributed by atoms with E-state index in [-0.39, 0.29) is 21.7 Å². The highest BCUT2D eigenvalue weighted by molar-refractivity contribution is 7.80. The van der Waals surface area contributed by atoms with E-state index >= 15 is 0 Å². The highest BCUT2D eigenvalue weighted by atomic mass is 35.5. The van der Waals surface area contributed by atoms with E-state index in [1.807, 2.05) is 0 Å². The van der Waals surface area contributed by atoms with E-state index in [1.54, 1.807) is 54.6 Å². The molecule has 0 spiro atoms. The summed E-state index contributed by atoms with van der Waals surface area (Å²) in [6.45, 7) is 0. The van der Waals surface area contributed by atoms with Crippen LogP contribution in [0.5, 0.6) is 0 Å². The summed E-state index contributed by atoms with van der Waals surface area (Å²) < 4.78 is 0. The minimum atomic E-state index is -0.604. The lowest BCUT2D eigenvalue weighted by atomic mass is 10.2. The third-order valence-corrected chi connectivity index (χ3v) is 5.08. The number of rotatable bonds is 6. The van der Waals surface area contributed by atoms with Crippen LogP contribution in [-0.4, -0.2) is 21.9 Å². The van der Waals surface area contributed by atoms with Crippen molar-refractivity contribution >= 4 is 75.5 Å². The number of nitro benzene ring substituents is 1. The Hall–Kier alpha value is -3.79. The number of amides is 2. The molecule has 0 radical (unpaired) electrons. The van der Waals surface area contributed by atoms with Crippen molar-refractivity contribution in [3.05, 3.63) is 104 Å². The number of thiocarbonyl (C=S) groups is 1. The highest BCUT2D eigenvalue weighted by Gasteiger charge is 2.12. The zero-order valence-corrected chi connectivity index (χ0v) is 19.6. The first kappa shape index (κ1) is 24.8. The average Bonchev–Trinajstić information content (AvgIpc) is 2.79. The molecule has 34 heavy (non-hydrogen) atoms. The van der Waals surface area contributed by atoms with Gasteiger partial charge < -0.3 is 10.6 Å². The van der Waals surface area contributed by atoms with E-state index in [4.69, 9.17) is 35.4 Å². The summed E-state index contributed by atoms with van der Waals surface area (Å²) in [4.78, 5) is 34.7. The molecular weight excluding hydrogens is 499 g/mol. The van der Waals surface area contributed by atoms with Crippen molar-refractivity contribution in [2.24, 2.45) is 0 Å². The van der Waals surface area contributed by atoms with Gasteiger partial charge in [-0.25, -0.2) is 0 Å². The van der Waals surface area contributed by atoms with E-state index in [9.17, 15) is 19.7 Å². The van der Waals surface area contributed by atoms with Gasteiger partial charge in [0.25, 0.3) is 11.6 Å². The molecule has 0 unspecified atom stereocenters. The third-order valence-electron chi connectivity index (χ3n) is 4.32. The zero-order chi connectivity index (χ0) is 24.7. The molecule has 8 nitrogen and oxygen atoms in total. The van der Waals surface area contributed by atoms with Gasteiger partial charge in [0.2, 0.25) is 5.91 Å². The number of nitro groups is 1. The summed E-state index contributed by atoms with van der Waals surface area (Å²) in [6, 6.07) is 17.5. The van der Waals surface area contributed by atoms with Gasteiger partial charge in [-0.2, -0.15) is 0 Å². The van der Waals surface area contributed by atoms with Crippen molar-refractivity contribution in [2.75, 3.05) is 10.6 Å². The summed E-state index contributed by atoms with van der Waals surface area (Å²) in [5.74, 6) is -0.829. The molecule has 3 aromatic carbocycles. The number of benzene rings is 3. The number of hydrogen-bond donors (Lipinski definition) is 3.